The van der Waals surface area contributed by atoms with Crippen molar-refractivity contribution < 1.29 is 4.21 Å². The maximum Gasteiger partial charge on any atom is 0.0349 e. The first-order valence-corrected chi connectivity index (χ1v) is 5.82. The van der Waals surface area contributed by atoms with Gasteiger partial charge in [-0.3, -0.25) is 4.21 Å². The molecule has 2 fully saturated rings. The molecule has 2 atom stereocenters. The van der Waals surface area contributed by atoms with Crippen LogP contribution in [0.2, 0.25) is 0 Å². The van der Waals surface area contributed by atoms with E-state index in [1.807, 2.05) is 0 Å². The Morgan fingerprint density at radius 3 is 2.73 bits per heavy atom. The van der Waals surface area contributed by atoms with Crippen molar-refractivity contribution in [3.8, 4) is 0 Å². The molecular formula is C8H15NOS. The highest BCUT2D eigenvalue weighted by atomic mass is 32.2. The highest BCUT2D eigenvalue weighted by molar-refractivity contribution is 7.85. The molecular weight excluding hydrogens is 158 g/mol. The molecule has 0 bridgehead atoms. The van der Waals surface area contributed by atoms with Crippen molar-refractivity contribution in [1.29, 1.82) is 0 Å². The van der Waals surface area contributed by atoms with E-state index in [0.29, 0.717) is 11.2 Å². The molecule has 1 aliphatic carbocycles. The Morgan fingerprint density at radius 2 is 2.18 bits per heavy atom. The summed E-state index contributed by atoms with van der Waals surface area (Å²) in [5.41, 5.74) is 0. The van der Waals surface area contributed by atoms with E-state index in [1.54, 1.807) is 0 Å². The first-order valence-electron chi connectivity index (χ1n) is 4.44. The summed E-state index contributed by atoms with van der Waals surface area (Å²) < 4.78 is 11.4. The lowest BCUT2D eigenvalue weighted by Gasteiger charge is -2.05. The second-order valence-electron chi connectivity index (χ2n) is 3.61. The number of hydrogen-bond acceptors (Lipinski definition) is 2. The summed E-state index contributed by atoms with van der Waals surface area (Å²) in [6, 6.07) is 0. The van der Waals surface area contributed by atoms with Gasteiger partial charge in [0.1, 0.15) is 0 Å². The third-order valence-electron chi connectivity index (χ3n) is 2.46. The monoisotopic (exact) mass is 173 g/mol. The van der Waals surface area contributed by atoms with Crippen LogP contribution in [0.15, 0.2) is 0 Å². The minimum atomic E-state index is -0.490. The van der Waals surface area contributed by atoms with Crippen molar-refractivity contribution in [2.75, 3.05) is 18.8 Å². The van der Waals surface area contributed by atoms with Crippen molar-refractivity contribution in [1.82, 2.24) is 5.32 Å². The SMILES string of the molecule is O=S(CC1CCNC1)C1CC1. The van der Waals surface area contributed by atoms with Crippen molar-refractivity contribution in [3.05, 3.63) is 0 Å². The molecule has 1 heterocycles. The van der Waals surface area contributed by atoms with Gasteiger partial charge in [0.2, 0.25) is 0 Å². The summed E-state index contributed by atoms with van der Waals surface area (Å²) in [7, 11) is -0.490. The first kappa shape index (κ1) is 7.74. The van der Waals surface area contributed by atoms with Crippen LogP contribution in [0.1, 0.15) is 19.3 Å². The third-order valence-corrected chi connectivity index (χ3v) is 4.47. The smallest absolute Gasteiger partial charge is 0.0349 e. The Morgan fingerprint density at radius 1 is 1.36 bits per heavy atom. The fourth-order valence-corrected chi connectivity index (χ4v) is 3.24. The molecule has 0 amide bonds. The van der Waals surface area contributed by atoms with Gasteiger partial charge in [-0.05, 0) is 38.3 Å². The maximum absolute atomic E-state index is 11.4. The van der Waals surface area contributed by atoms with Gasteiger partial charge >= 0.3 is 0 Å². The van der Waals surface area contributed by atoms with Gasteiger partial charge in [0.15, 0.2) is 0 Å². The summed E-state index contributed by atoms with van der Waals surface area (Å²) in [4.78, 5) is 0. The van der Waals surface area contributed by atoms with Crippen molar-refractivity contribution in [2.24, 2.45) is 5.92 Å². The van der Waals surface area contributed by atoms with Crippen molar-refractivity contribution in [2.45, 2.75) is 24.5 Å². The lowest BCUT2D eigenvalue weighted by Crippen LogP contribution is -2.16. The van der Waals surface area contributed by atoms with Gasteiger partial charge in [0.25, 0.3) is 0 Å². The zero-order chi connectivity index (χ0) is 7.68. The fraction of sp³-hybridized carbons (Fsp3) is 1.00. The van der Waals surface area contributed by atoms with Crippen LogP contribution in [0.5, 0.6) is 0 Å². The van der Waals surface area contributed by atoms with Crippen LogP contribution in [0.3, 0.4) is 0 Å². The molecule has 0 radical (unpaired) electrons. The fourth-order valence-electron chi connectivity index (χ4n) is 1.56. The normalized spacial score (nSPS) is 34.0. The van der Waals surface area contributed by atoms with Crippen LogP contribution in [0, 0.1) is 5.92 Å². The predicted molar refractivity (Wildman–Crippen MR) is 47.0 cm³/mol. The first-order chi connectivity index (χ1) is 5.36. The molecule has 0 aromatic rings. The van der Waals surface area contributed by atoms with Crippen molar-refractivity contribution >= 4 is 10.8 Å². The molecule has 2 unspecified atom stereocenters. The molecule has 2 rings (SSSR count). The predicted octanol–water partition coefficient (Wildman–Crippen LogP) is 0.507. The van der Waals surface area contributed by atoms with Gasteiger partial charge in [-0.15, -0.1) is 0 Å². The molecule has 2 aliphatic rings. The Hall–Kier alpha value is 0.110. The molecule has 1 saturated heterocycles. The van der Waals surface area contributed by atoms with E-state index in [-0.39, 0.29) is 0 Å². The summed E-state index contributed by atoms with van der Waals surface area (Å²) in [6.45, 7) is 2.23. The number of rotatable bonds is 3. The van der Waals surface area contributed by atoms with Gasteiger partial charge in [0, 0.05) is 21.8 Å². The zero-order valence-corrected chi connectivity index (χ0v) is 7.53. The van der Waals surface area contributed by atoms with Gasteiger partial charge in [-0.25, -0.2) is 0 Å². The Balaban J connectivity index is 1.74. The summed E-state index contributed by atoms with van der Waals surface area (Å²) >= 11 is 0. The molecule has 0 aromatic heterocycles. The molecule has 3 heteroatoms. The largest absolute Gasteiger partial charge is 0.316 e. The summed E-state index contributed by atoms with van der Waals surface area (Å²) in [5.74, 6) is 1.66. The van der Waals surface area contributed by atoms with Gasteiger partial charge < -0.3 is 5.32 Å². The average molecular weight is 173 g/mol. The Kier molecular flexibility index (Phi) is 2.28. The molecule has 11 heavy (non-hydrogen) atoms. The van der Waals surface area contributed by atoms with Gasteiger partial charge in [-0.1, -0.05) is 0 Å². The molecule has 1 saturated carbocycles. The van der Waals surface area contributed by atoms with E-state index < -0.39 is 10.8 Å². The van der Waals surface area contributed by atoms with Crippen molar-refractivity contribution in [3.63, 3.8) is 0 Å². The highest BCUT2D eigenvalue weighted by Gasteiger charge is 2.30. The van der Waals surface area contributed by atoms with E-state index in [4.69, 9.17) is 0 Å². The van der Waals surface area contributed by atoms with Crippen LogP contribution in [0.25, 0.3) is 0 Å². The van der Waals surface area contributed by atoms with Crippen LogP contribution in [-0.4, -0.2) is 28.3 Å². The number of nitrogens with one attached hydrogen (secondary N) is 1. The van der Waals surface area contributed by atoms with E-state index in [0.717, 1.165) is 18.8 Å². The van der Waals surface area contributed by atoms with Gasteiger partial charge in [-0.2, -0.15) is 0 Å². The van der Waals surface area contributed by atoms with Crippen LogP contribution >= 0.6 is 0 Å². The molecule has 0 aromatic carbocycles. The summed E-state index contributed by atoms with van der Waals surface area (Å²) in [6.07, 6.45) is 3.66. The topological polar surface area (TPSA) is 29.1 Å². The average Bonchev–Trinajstić information content (AvgIpc) is 2.73. The van der Waals surface area contributed by atoms with Crippen LogP contribution in [-0.2, 0) is 10.8 Å². The second-order valence-corrected chi connectivity index (χ2v) is 5.37. The van der Waals surface area contributed by atoms with Crippen LogP contribution in [0.4, 0.5) is 0 Å². The molecule has 64 valence electrons. The van der Waals surface area contributed by atoms with E-state index in [2.05, 4.69) is 5.32 Å². The summed E-state index contributed by atoms with van der Waals surface area (Å²) in [5, 5.41) is 3.88. The lowest BCUT2D eigenvalue weighted by molar-refractivity contribution is 0.632. The molecule has 2 nitrogen and oxygen atoms in total. The second kappa shape index (κ2) is 3.23. The van der Waals surface area contributed by atoms with E-state index in [1.165, 1.54) is 19.3 Å². The maximum atomic E-state index is 11.4. The van der Waals surface area contributed by atoms with E-state index in [9.17, 15) is 4.21 Å². The highest BCUT2D eigenvalue weighted by Crippen LogP contribution is 2.27. The third kappa shape index (κ3) is 2.03. The molecule has 1 N–H and O–H groups in total. The molecule has 1 aliphatic heterocycles. The van der Waals surface area contributed by atoms with E-state index >= 15 is 0 Å². The number of hydrogen-bond donors (Lipinski definition) is 1. The molecule has 0 spiro atoms. The standard InChI is InChI=1S/C8H15NOS/c10-11(8-1-2-8)6-7-3-4-9-5-7/h7-9H,1-6H2. The lowest BCUT2D eigenvalue weighted by atomic mass is 10.2. The van der Waals surface area contributed by atoms with Gasteiger partial charge in [0.05, 0.1) is 0 Å². The Labute approximate surface area is 70.2 Å². The quantitative estimate of drug-likeness (QED) is 0.673. The Bertz CT molecular complexity index is 161. The minimum absolute atomic E-state index is 0.490. The zero-order valence-electron chi connectivity index (χ0n) is 6.71. The minimum Gasteiger partial charge on any atom is -0.316 e. The van der Waals surface area contributed by atoms with Crippen LogP contribution < -0.4 is 5.32 Å².